The molecule has 0 radical (unpaired) electrons. The van der Waals surface area contributed by atoms with Crippen molar-refractivity contribution in [3.8, 4) is 22.6 Å². The molecule has 1 aromatic heterocycles. The minimum absolute atomic E-state index is 0.115. The van der Waals surface area contributed by atoms with Crippen LogP contribution in [-0.4, -0.2) is 47.3 Å². The normalized spacial score (nSPS) is 11.6. The second-order valence-electron chi connectivity index (χ2n) is 7.77. The summed E-state index contributed by atoms with van der Waals surface area (Å²) in [5.74, 6) is 0.840. The topological polar surface area (TPSA) is 164 Å². The van der Waals surface area contributed by atoms with Crippen LogP contribution in [0.2, 0.25) is 0 Å². The average Bonchev–Trinajstić information content (AvgIpc) is 2.89. The zero-order valence-corrected chi connectivity index (χ0v) is 20.8. The Labute approximate surface area is 212 Å². The molecule has 2 N–H and O–H groups in total. The van der Waals surface area contributed by atoms with Crippen LogP contribution in [0.3, 0.4) is 0 Å². The lowest BCUT2D eigenvalue weighted by Crippen LogP contribution is -2.20. The van der Waals surface area contributed by atoms with Crippen LogP contribution in [0.4, 0.5) is 0 Å². The Morgan fingerprint density at radius 3 is 2.65 bits per heavy atom. The number of pyridine rings is 1. The molecule has 0 spiro atoms. The molecule has 0 aliphatic heterocycles. The first-order valence-corrected chi connectivity index (χ1v) is 11.4. The van der Waals surface area contributed by atoms with Crippen molar-refractivity contribution in [1.82, 2.24) is 4.57 Å². The van der Waals surface area contributed by atoms with Crippen LogP contribution in [0.1, 0.15) is 25.0 Å². The fourth-order valence-corrected chi connectivity index (χ4v) is 3.83. The van der Waals surface area contributed by atoms with Gasteiger partial charge in [-0.2, -0.15) is 5.10 Å². The number of azide groups is 1. The van der Waals surface area contributed by atoms with Gasteiger partial charge in [0.1, 0.15) is 5.84 Å². The van der Waals surface area contributed by atoms with Crippen molar-refractivity contribution in [2.75, 3.05) is 20.3 Å². The number of ether oxygens (including phenoxy) is 3. The Bertz CT molecular complexity index is 1430. The molecule has 12 nitrogen and oxygen atoms in total. The molecule has 0 amide bonds. The molecule has 0 bridgehead atoms. The maximum atomic E-state index is 12.8. The molecule has 1 heterocycles. The third kappa shape index (κ3) is 6.51. The number of benzene rings is 2. The Kier molecular flexibility index (Phi) is 9.76. The lowest BCUT2D eigenvalue weighted by molar-refractivity contribution is 0.186. The predicted molar refractivity (Wildman–Crippen MR) is 140 cm³/mol. The molecule has 3 rings (SSSR count). The lowest BCUT2D eigenvalue weighted by Gasteiger charge is -2.18. The Balaban J connectivity index is 2.19. The van der Waals surface area contributed by atoms with E-state index in [2.05, 4.69) is 20.2 Å². The van der Waals surface area contributed by atoms with Gasteiger partial charge in [-0.15, -0.1) is 5.10 Å². The van der Waals surface area contributed by atoms with E-state index in [4.69, 9.17) is 19.7 Å². The third-order valence-electron chi connectivity index (χ3n) is 5.47. The molecule has 194 valence electrons. The summed E-state index contributed by atoms with van der Waals surface area (Å²) in [7, 11) is 1.57. The quantitative estimate of drug-likeness (QED) is 0.1000. The van der Waals surface area contributed by atoms with Gasteiger partial charge in [-0.1, -0.05) is 0 Å². The number of amidine groups is 1. The summed E-state index contributed by atoms with van der Waals surface area (Å²) in [6, 6.07) is 8.48. The molecule has 0 fully saturated rings. The van der Waals surface area contributed by atoms with Crippen LogP contribution in [0.15, 0.2) is 56.6 Å². The highest BCUT2D eigenvalue weighted by molar-refractivity contribution is 6.01. The first kappa shape index (κ1) is 27.4. The smallest absolute Gasteiger partial charge is 0.251 e. The van der Waals surface area contributed by atoms with Crippen molar-refractivity contribution < 1.29 is 24.4 Å². The van der Waals surface area contributed by atoms with Crippen LogP contribution in [0.25, 0.3) is 32.3 Å². The summed E-state index contributed by atoms with van der Waals surface area (Å²) in [6.07, 6.45) is 2.75. The fraction of sp³-hybridized carbons (Fsp3) is 0.320. The Hall–Kier alpha value is -4.22. The van der Waals surface area contributed by atoms with Gasteiger partial charge in [-0.3, -0.25) is 4.79 Å². The van der Waals surface area contributed by atoms with Gasteiger partial charge >= 0.3 is 0 Å². The molecule has 0 unspecified atom stereocenters. The van der Waals surface area contributed by atoms with Gasteiger partial charge < -0.3 is 29.0 Å². The molecule has 3 aromatic rings. The highest BCUT2D eigenvalue weighted by Gasteiger charge is 2.18. The second-order valence-corrected chi connectivity index (χ2v) is 7.77. The summed E-state index contributed by atoms with van der Waals surface area (Å²) in [6.45, 7) is 3.80. The van der Waals surface area contributed by atoms with Crippen LogP contribution >= 0.6 is 0 Å². The number of aliphatic hydroxyl groups is 2. The molecule has 0 atom stereocenters. The minimum atomic E-state index is -0.342. The monoisotopic (exact) mass is 508 g/mol. The summed E-state index contributed by atoms with van der Waals surface area (Å²) < 4.78 is 18.0. The van der Waals surface area contributed by atoms with Gasteiger partial charge in [0.2, 0.25) is 6.40 Å². The van der Waals surface area contributed by atoms with E-state index in [9.17, 15) is 15.0 Å². The van der Waals surface area contributed by atoms with E-state index < -0.39 is 0 Å². The number of hydrogen-bond acceptors (Lipinski definition) is 8. The minimum Gasteiger partial charge on any atom is -0.490 e. The molecule has 12 heteroatoms. The molecule has 37 heavy (non-hydrogen) atoms. The third-order valence-corrected chi connectivity index (χ3v) is 5.47. The SMILES string of the molecule is CCOc1cc2c(-c3ccn(CCOC)c(=O)c3)c(CO)c(CO)cc2cc1OC=NN=C(C)N=[N+]=[N-]. The summed E-state index contributed by atoms with van der Waals surface area (Å²) >= 11 is 0. The van der Waals surface area contributed by atoms with Crippen LogP contribution in [-0.2, 0) is 24.5 Å². The van der Waals surface area contributed by atoms with E-state index in [-0.39, 0.29) is 24.6 Å². The standard InChI is InChI=1S/C25H28N6O6/c1-4-36-23-12-20-18(10-22(23)37-15-27-28-16(2)29-30-26)9-19(13-32)21(14-33)25(20)17-5-6-31(7-8-35-3)24(34)11-17/h5-6,9-12,15,32-33H,4,7-8,13-14H2,1-3H3. The lowest BCUT2D eigenvalue weighted by atomic mass is 9.90. The number of hydrogen-bond donors (Lipinski definition) is 2. The van der Waals surface area contributed by atoms with E-state index in [0.717, 1.165) is 6.40 Å². The first-order chi connectivity index (χ1) is 18.0. The van der Waals surface area contributed by atoms with Gasteiger partial charge in [0, 0.05) is 30.8 Å². The van der Waals surface area contributed by atoms with Crippen LogP contribution < -0.4 is 15.0 Å². The van der Waals surface area contributed by atoms with Gasteiger partial charge in [0.15, 0.2) is 11.5 Å². The fourth-order valence-electron chi connectivity index (χ4n) is 3.83. The zero-order chi connectivity index (χ0) is 26.8. The zero-order valence-electron chi connectivity index (χ0n) is 20.8. The van der Waals surface area contributed by atoms with E-state index in [0.29, 0.717) is 64.3 Å². The summed E-state index contributed by atoms with van der Waals surface area (Å²) in [5, 5.41) is 32.4. The predicted octanol–water partition coefficient (Wildman–Crippen LogP) is 3.75. The first-order valence-electron chi connectivity index (χ1n) is 11.4. The molecule has 0 aliphatic rings. The number of methoxy groups -OCH3 is 1. The number of nitrogens with zero attached hydrogens (tertiary/aromatic N) is 6. The Morgan fingerprint density at radius 1 is 1.19 bits per heavy atom. The van der Waals surface area contributed by atoms with Gasteiger partial charge in [0.25, 0.3) is 5.56 Å². The molecule has 0 saturated carbocycles. The maximum Gasteiger partial charge on any atom is 0.251 e. The van der Waals surface area contributed by atoms with Crippen molar-refractivity contribution in [2.45, 2.75) is 33.6 Å². The second kappa shape index (κ2) is 13.2. The molecule has 2 aromatic carbocycles. The van der Waals surface area contributed by atoms with Gasteiger partial charge in [-0.25, -0.2) is 0 Å². The summed E-state index contributed by atoms with van der Waals surface area (Å²) in [5.41, 5.74) is 10.4. The van der Waals surface area contributed by atoms with E-state index in [1.165, 1.54) is 17.6 Å². The Morgan fingerprint density at radius 2 is 2.00 bits per heavy atom. The largest absolute Gasteiger partial charge is 0.490 e. The summed E-state index contributed by atoms with van der Waals surface area (Å²) in [4.78, 5) is 15.4. The van der Waals surface area contributed by atoms with Crippen molar-refractivity contribution in [3.63, 3.8) is 0 Å². The maximum absolute atomic E-state index is 12.8. The van der Waals surface area contributed by atoms with E-state index >= 15 is 0 Å². The molecular formula is C25H28N6O6. The number of fused-ring (bicyclic) bond motifs is 1. The molecule has 0 saturated heterocycles. The van der Waals surface area contributed by atoms with E-state index in [1.54, 1.807) is 37.6 Å². The van der Waals surface area contributed by atoms with Crippen LogP contribution in [0, 0.1) is 0 Å². The number of aliphatic hydroxyl groups excluding tert-OH is 2. The van der Waals surface area contributed by atoms with Gasteiger partial charge in [0.05, 0.1) is 26.4 Å². The average molecular weight is 509 g/mol. The highest BCUT2D eigenvalue weighted by atomic mass is 16.5. The van der Waals surface area contributed by atoms with Crippen molar-refractivity contribution in [1.29, 1.82) is 0 Å². The number of aromatic nitrogens is 1. The van der Waals surface area contributed by atoms with Crippen molar-refractivity contribution in [2.24, 2.45) is 15.3 Å². The van der Waals surface area contributed by atoms with E-state index in [1.807, 2.05) is 6.92 Å². The van der Waals surface area contributed by atoms with Crippen molar-refractivity contribution >= 4 is 23.0 Å². The highest BCUT2D eigenvalue weighted by Crippen LogP contribution is 2.40. The van der Waals surface area contributed by atoms with Crippen LogP contribution in [0.5, 0.6) is 11.5 Å². The molecular weight excluding hydrogens is 480 g/mol. The van der Waals surface area contributed by atoms with Gasteiger partial charge in [-0.05, 0) is 81.8 Å². The number of rotatable bonds is 11. The molecule has 0 aliphatic carbocycles. The van der Waals surface area contributed by atoms with Crippen molar-refractivity contribution in [3.05, 3.63) is 68.5 Å².